The standard InChI is InChI=1S/C19H23N3O4S/c23-17(21-8-10-27(25,26)11-9-21)15-12-13-4-3-7-22(13)19(15)14-5-1-2-6-16(14)20-18(19)24/h1-2,5-6,13,15H,3-4,7-12H2,(H,20,24)/t13-,15+,19+/m1/s1. The molecule has 0 unspecified atom stereocenters. The molecule has 0 saturated carbocycles. The first-order chi connectivity index (χ1) is 12.9. The van der Waals surface area contributed by atoms with Crippen LogP contribution in [0.4, 0.5) is 5.69 Å². The Kier molecular flexibility index (Phi) is 3.68. The number of amides is 2. The molecule has 4 aliphatic rings. The average molecular weight is 389 g/mol. The fourth-order valence-corrected chi connectivity index (χ4v) is 6.72. The lowest BCUT2D eigenvalue weighted by Gasteiger charge is -2.39. The molecule has 2 amide bonds. The zero-order valence-corrected chi connectivity index (χ0v) is 15.9. The first kappa shape index (κ1) is 17.2. The molecule has 1 spiro atoms. The van der Waals surface area contributed by atoms with Crippen molar-refractivity contribution >= 4 is 27.3 Å². The summed E-state index contributed by atoms with van der Waals surface area (Å²) in [5.74, 6) is -0.641. The largest absolute Gasteiger partial charge is 0.340 e. The number of carbonyl (C=O) groups is 2. The number of benzene rings is 1. The van der Waals surface area contributed by atoms with E-state index in [0.717, 1.165) is 30.6 Å². The molecule has 0 radical (unpaired) electrons. The minimum Gasteiger partial charge on any atom is -0.340 e. The van der Waals surface area contributed by atoms with Crippen LogP contribution < -0.4 is 5.32 Å². The lowest BCUT2D eigenvalue weighted by Crippen LogP contribution is -2.56. The first-order valence-corrected chi connectivity index (χ1v) is 11.4. The Morgan fingerprint density at radius 1 is 1.15 bits per heavy atom. The van der Waals surface area contributed by atoms with Crippen molar-refractivity contribution < 1.29 is 18.0 Å². The highest BCUT2D eigenvalue weighted by atomic mass is 32.2. The number of carbonyl (C=O) groups excluding carboxylic acids is 2. The Bertz CT molecular complexity index is 917. The topological polar surface area (TPSA) is 86.8 Å². The van der Waals surface area contributed by atoms with E-state index in [4.69, 9.17) is 0 Å². The Balaban J connectivity index is 1.56. The second-order valence-electron chi connectivity index (χ2n) is 8.02. The minimum absolute atomic E-state index is 0.00832. The van der Waals surface area contributed by atoms with Crippen LogP contribution in [0.3, 0.4) is 0 Å². The number of fused-ring (bicyclic) bond motifs is 4. The number of rotatable bonds is 1. The molecule has 144 valence electrons. The number of sulfone groups is 1. The Hall–Kier alpha value is -1.93. The quantitative estimate of drug-likeness (QED) is 0.759. The first-order valence-electron chi connectivity index (χ1n) is 9.60. The van der Waals surface area contributed by atoms with Crippen molar-refractivity contribution in [2.75, 3.05) is 36.5 Å². The van der Waals surface area contributed by atoms with Crippen LogP contribution in [-0.4, -0.2) is 67.2 Å². The molecule has 27 heavy (non-hydrogen) atoms. The molecule has 4 aliphatic heterocycles. The van der Waals surface area contributed by atoms with Gasteiger partial charge in [-0.3, -0.25) is 14.5 Å². The van der Waals surface area contributed by atoms with Crippen LogP contribution in [0.5, 0.6) is 0 Å². The van der Waals surface area contributed by atoms with Gasteiger partial charge < -0.3 is 10.2 Å². The summed E-state index contributed by atoms with van der Waals surface area (Å²) in [7, 11) is -3.06. The van der Waals surface area contributed by atoms with E-state index in [2.05, 4.69) is 10.2 Å². The van der Waals surface area contributed by atoms with E-state index in [1.165, 1.54) is 0 Å². The van der Waals surface area contributed by atoms with Crippen molar-refractivity contribution in [1.82, 2.24) is 9.80 Å². The maximum absolute atomic E-state index is 13.5. The van der Waals surface area contributed by atoms with E-state index in [1.807, 2.05) is 24.3 Å². The van der Waals surface area contributed by atoms with Gasteiger partial charge in [-0.2, -0.15) is 0 Å². The van der Waals surface area contributed by atoms with Gasteiger partial charge in [0, 0.05) is 30.4 Å². The Morgan fingerprint density at radius 3 is 2.67 bits per heavy atom. The molecule has 1 aromatic rings. The van der Waals surface area contributed by atoms with Gasteiger partial charge in [0.1, 0.15) is 5.54 Å². The van der Waals surface area contributed by atoms with Crippen molar-refractivity contribution in [3.63, 3.8) is 0 Å². The highest BCUT2D eigenvalue weighted by Crippen LogP contribution is 2.55. The van der Waals surface area contributed by atoms with Crippen molar-refractivity contribution in [1.29, 1.82) is 0 Å². The molecule has 0 aromatic heterocycles. The van der Waals surface area contributed by atoms with Crippen LogP contribution in [-0.2, 0) is 25.0 Å². The molecule has 5 rings (SSSR count). The monoisotopic (exact) mass is 389 g/mol. The number of hydrogen-bond acceptors (Lipinski definition) is 5. The van der Waals surface area contributed by atoms with Crippen molar-refractivity contribution in [2.24, 2.45) is 5.92 Å². The van der Waals surface area contributed by atoms with Crippen LogP contribution in [0.15, 0.2) is 24.3 Å². The van der Waals surface area contributed by atoms with Gasteiger partial charge in [-0.25, -0.2) is 8.42 Å². The summed E-state index contributed by atoms with van der Waals surface area (Å²) in [4.78, 5) is 30.7. The van der Waals surface area contributed by atoms with Crippen molar-refractivity contribution in [2.45, 2.75) is 30.8 Å². The molecule has 1 N–H and O–H groups in total. The third-order valence-corrected chi connectivity index (χ3v) is 8.34. The zero-order chi connectivity index (χ0) is 18.8. The predicted molar refractivity (Wildman–Crippen MR) is 99.8 cm³/mol. The fraction of sp³-hybridized carbons (Fsp3) is 0.579. The summed E-state index contributed by atoms with van der Waals surface area (Å²) in [6, 6.07) is 7.87. The van der Waals surface area contributed by atoms with E-state index < -0.39 is 21.3 Å². The van der Waals surface area contributed by atoms with E-state index in [1.54, 1.807) is 4.90 Å². The predicted octanol–water partition coefficient (Wildman–Crippen LogP) is 0.575. The van der Waals surface area contributed by atoms with Crippen molar-refractivity contribution in [3.8, 4) is 0 Å². The van der Waals surface area contributed by atoms with E-state index in [9.17, 15) is 18.0 Å². The molecule has 3 atom stereocenters. The van der Waals surface area contributed by atoms with Crippen LogP contribution in [0, 0.1) is 5.92 Å². The molecule has 0 bridgehead atoms. The molecule has 3 saturated heterocycles. The highest BCUT2D eigenvalue weighted by molar-refractivity contribution is 7.91. The molecule has 0 aliphatic carbocycles. The number of nitrogens with zero attached hydrogens (tertiary/aromatic N) is 2. The van der Waals surface area contributed by atoms with Gasteiger partial charge in [0.05, 0.1) is 17.4 Å². The van der Waals surface area contributed by atoms with E-state index in [0.29, 0.717) is 6.42 Å². The summed E-state index contributed by atoms with van der Waals surface area (Å²) < 4.78 is 23.5. The highest BCUT2D eigenvalue weighted by Gasteiger charge is 2.65. The second kappa shape index (κ2) is 5.78. The lowest BCUT2D eigenvalue weighted by atomic mass is 9.78. The number of anilines is 1. The summed E-state index contributed by atoms with van der Waals surface area (Å²) in [6.07, 6.45) is 2.68. The number of para-hydroxylation sites is 1. The van der Waals surface area contributed by atoms with Crippen LogP contribution in [0.2, 0.25) is 0 Å². The van der Waals surface area contributed by atoms with Gasteiger partial charge in [0.2, 0.25) is 11.8 Å². The van der Waals surface area contributed by atoms with Gasteiger partial charge in [0.15, 0.2) is 9.84 Å². The number of hydrogen-bond donors (Lipinski definition) is 1. The SMILES string of the molecule is O=C([C@@H]1C[C@H]2CCCN2[C@]12C(=O)Nc1ccccc12)N1CCS(=O)(=O)CC1. The summed E-state index contributed by atoms with van der Waals surface area (Å²) in [5, 5.41) is 3.00. The lowest BCUT2D eigenvalue weighted by molar-refractivity contribution is -0.144. The maximum atomic E-state index is 13.5. The Labute approximate surface area is 158 Å². The van der Waals surface area contributed by atoms with Gasteiger partial charge in [0.25, 0.3) is 0 Å². The molecular formula is C19H23N3O4S. The third kappa shape index (κ3) is 2.32. The van der Waals surface area contributed by atoms with E-state index in [-0.39, 0.29) is 42.5 Å². The third-order valence-electron chi connectivity index (χ3n) is 6.73. The molecule has 8 heteroatoms. The molecular weight excluding hydrogens is 366 g/mol. The molecule has 4 heterocycles. The van der Waals surface area contributed by atoms with Gasteiger partial charge >= 0.3 is 0 Å². The summed E-state index contributed by atoms with van der Waals surface area (Å²) >= 11 is 0. The van der Waals surface area contributed by atoms with Crippen LogP contribution in [0.25, 0.3) is 0 Å². The van der Waals surface area contributed by atoms with Crippen molar-refractivity contribution in [3.05, 3.63) is 29.8 Å². The minimum atomic E-state index is -3.06. The Morgan fingerprint density at radius 2 is 1.89 bits per heavy atom. The van der Waals surface area contributed by atoms with E-state index >= 15 is 0 Å². The van der Waals surface area contributed by atoms with Crippen LogP contribution in [0.1, 0.15) is 24.8 Å². The average Bonchev–Trinajstić information content (AvgIpc) is 3.29. The smallest absolute Gasteiger partial charge is 0.250 e. The van der Waals surface area contributed by atoms with Crippen LogP contribution >= 0.6 is 0 Å². The van der Waals surface area contributed by atoms with Gasteiger partial charge in [-0.15, -0.1) is 0 Å². The summed E-state index contributed by atoms with van der Waals surface area (Å²) in [6.45, 7) is 1.26. The fourth-order valence-electron chi connectivity index (χ4n) is 5.52. The maximum Gasteiger partial charge on any atom is 0.250 e. The molecule has 1 aromatic carbocycles. The second-order valence-corrected chi connectivity index (χ2v) is 10.3. The van der Waals surface area contributed by atoms with Gasteiger partial charge in [-0.1, -0.05) is 18.2 Å². The molecule has 3 fully saturated rings. The summed E-state index contributed by atoms with van der Waals surface area (Å²) in [5.41, 5.74) is 0.724. The molecule has 7 nitrogen and oxygen atoms in total. The number of nitrogens with one attached hydrogen (secondary N) is 1. The zero-order valence-electron chi connectivity index (χ0n) is 15.1. The van der Waals surface area contributed by atoms with Gasteiger partial charge in [-0.05, 0) is 31.9 Å². The normalized spacial score (nSPS) is 34.5.